The fourth-order valence-electron chi connectivity index (χ4n) is 3.76. The van der Waals surface area contributed by atoms with E-state index in [1.807, 2.05) is 33.2 Å². The molecule has 9 nitrogen and oxygen atoms in total. The number of rotatable bonds is 8. The van der Waals surface area contributed by atoms with Gasteiger partial charge in [-0.25, -0.2) is 15.6 Å². The first-order valence-corrected chi connectivity index (χ1v) is 11.2. The third kappa shape index (κ3) is 7.63. The Balaban J connectivity index is 2.06. The lowest BCUT2D eigenvalue weighted by Gasteiger charge is -2.32. The van der Waals surface area contributed by atoms with Crippen LogP contribution in [0.5, 0.6) is 0 Å². The summed E-state index contributed by atoms with van der Waals surface area (Å²) in [7, 11) is 3.97. The average molecular weight is 451 g/mol. The zero-order valence-corrected chi connectivity index (χ0v) is 20.1. The maximum absolute atomic E-state index is 13.1. The Hall–Kier alpha value is -2.39. The van der Waals surface area contributed by atoms with Gasteiger partial charge in [-0.15, -0.1) is 0 Å². The first-order chi connectivity index (χ1) is 14.9. The molecule has 180 valence electrons. The van der Waals surface area contributed by atoms with E-state index < -0.39 is 17.7 Å². The standard InChI is InChI=1S/C23H38N4O5/c1-15-13-20(28)31-19-14-16(10-11-17(15)19)25-21(29)18(9-7-8-12-26(5)6)27(24)22(30)32-23(2,3)4/h10-11,15-16,18H,7-9,12-14,24H2,1-6H3,(H,25,29). The van der Waals surface area contributed by atoms with Crippen molar-refractivity contribution in [3.05, 3.63) is 23.5 Å². The Labute approximate surface area is 190 Å². The Kier molecular flexibility index (Phi) is 8.86. The number of ether oxygens (including phenoxy) is 2. The molecule has 3 atom stereocenters. The molecule has 0 aromatic rings. The third-order valence-electron chi connectivity index (χ3n) is 5.38. The first-order valence-electron chi connectivity index (χ1n) is 11.2. The Bertz CT molecular complexity index is 769. The summed E-state index contributed by atoms with van der Waals surface area (Å²) in [5, 5.41) is 3.82. The quantitative estimate of drug-likeness (QED) is 0.192. The number of unbranched alkanes of at least 4 members (excludes halogenated alkanes) is 1. The molecular formula is C23H38N4O5. The summed E-state index contributed by atoms with van der Waals surface area (Å²) in [5.41, 5.74) is 0.265. The zero-order chi connectivity index (χ0) is 24.1. The number of hydrazine groups is 1. The van der Waals surface area contributed by atoms with Crippen molar-refractivity contribution < 1.29 is 23.9 Å². The molecule has 0 fully saturated rings. The molecule has 0 aromatic carbocycles. The summed E-state index contributed by atoms with van der Waals surface area (Å²) < 4.78 is 10.8. The molecule has 1 aliphatic heterocycles. The molecule has 0 spiro atoms. The molecular weight excluding hydrogens is 412 g/mol. The van der Waals surface area contributed by atoms with Crippen LogP contribution in [0.2, 0.25) is 0 Å². The molecule has 0 saturated carbocycles. The van der Waals surface area contributed by atoms with Crippen molar-refractivity contribution in [2.75, 3.05) is 20.6 Å². The highest BCUT2D eigenvalue weighted by Crippen LogP contribution is 2.32. The summed E-state index contributed by atoms with van der Waals surface area (Å²) in [5.74, 6) is 6.12. The van der Waals surface area contributed by atoms with Crippen LogP contribution < -0.4 is 11.2 Å². The van der Waals surface area contributed by atoms with E-state index in [1.54, 1.807) is 20.8 Å². The number of allylic oxidation sites excluding steroid dienone is 2. The van der Waals surface area contributed by atoms with Crippen molar-refractivity contribution in [3.8, 4) is 0 Å². The summed E-state index contributed by atoms with van der Waals surface area (Å²) in [6, 6.07) is -1.22. The zero-order valence-electron chi connectivity index (χ0n) is 20.1. The molecule has 9 heteroatoms. The molecule has 3 unspecified atom stereocenters. The van der Waals surface area contributed by atoms with Crippen LogP contribution in [0.4, 0.5) is 4.79 Å². The monoisotopic (exact) mass is 450 g/mol. The lowest BCUT2D eigenvalue weighted by Crippen LogP contribution is -2.55. The largest absolute Gasteiger partial charge is 0.443 e. The van der Waals surface area contributed by atoms with Crippen LogP contribution in [-0.2, 0) is 19.1 Å². The third-order valence-corrected chi connectivity index (χ3v) is 5.38. The van der Waals surface area contributed by atoms with Crippen molar-refractivity contribution >= 4 is 18.0 Å². The summed E-state index contributed by atoms with van der Waals surface area (Å²) in [6.45, 7) is 8.09. The number of carbonyl (C=O) groups excluding carboxylic acids is 3. The maximum Gasteiger partial charge on any atom is 0.425 e. The van der Waals surface area contributed by atoms with Gasteiger partial charge in [0.2, 0.25) is 5.91 Å². The lowest BCUT2D eigenvalue weighted by atomic mass is 9.88. The van der Waals surface area contributed by atoms with Gasteiger partial charge in [0.05, 0.1) is 12.5 Å². The molecule has 0 bridgehead atoms. The molecule has 1 aliphatic carbocycles. The highest BCUT2D eigenvalue weighted by atomic mass is 16.6. The van der Waals surface area contributed by atoms with Gasteiger partial charge in [0.25, 0.3) is 0 Å². The molecule has 1 heterocycles. The van der Waals surface area contributed by atoms with E-state index in [4.69, 9.17) is 15.3 Å². The van der Waals surface area contributed by atoms with Gasteiger partial charge in [-0.2, -0.15) is 0 Å². The molecule has 0 aromatic heterocycles. The molecule has 2 aliphatic rings. The van der Waals surface area contributed by atoms with Gasteiger partial charge >= 0.3 is 12.1 Å². The second-order valence-corrected chi connectivity index (χ2v) is 9.84. The van der Waals surface area contributed by atoms with Gasteiger partial charge in [-0.1, -0.05) is 19.1 Å². The second-order valence-electron chi connectivity index (χ2n) is 9.84. The van der Waals surface area contributed by atoms with Crippen molar-refractivity contribution in [1.29, 1.82) is 0 Å². The molecule has 2 amide bonds. The van der Waals surface area contributed by atoms with Crippen LogP contribution >= 0.6 is 0 Å². The summed E-state index contributed by atoms with van der Waals surface area (Å²) >= 11 is 0. The number of carbonyl (C=O) groups is 3. The van der Waals surface area contributed by atoms with E-state index in [0.717, 1.165) is 30.0 Å². The number of esters is 1. The van der Waals surface area contributed by atoms with Gasteiger partial charge in [-0.3, -0.25) is 9.59 Å². The van der Waals surface area contributed by atoms with Crippen molar-refractivity contribution in [2.45, 2.75) is 77.5 Å². The minimum Gasteiger partial charge on any atom is -0.443 e. The fraction of sp³-hybridized carbons (Fsp3) is 0.696. The number of hydrogen-bond acceptors (Lipinski definition) is 7. The molecule has 0 radical (unpaired) electrons. The van der Waals surface area contributed by atoms with Gasteiger partial charge < -0.3 is 19.7 Å². The minimum absolute atomic E-state index is 0.0929. The van der Waals surface area contributed by atoms with E-state index in [1.165, 1.54) is 0 Å². The number of nitrogens with two attached hydrogens (primary N) is 1. The number of amides is 2. The van der Waals surface area contributed by atoms with Crippen LogP contribution in [0, 0.1) is 5.92 Å². The first kappa shape index (κ1) is 25.9. The van der Waals surface area contributed by atoms with Crippen LogP contribution in [0.1, 0.15) is 59.8 Å². The Morgan fingerprint density at radius 3 is 2.59 bits per heavy atom. The Morgan fingerprint density at radius 2 is 1.97 bits per heavy atom. The fourth-order valence-corrected chi connectivity index (χ4v) is 3.76. The van der Waals surface area contributed by atoms with Gasteiger partial charge in [0.15, 0.2) is 0 Å². The SMILES string of the molecule is CC1CC(=O)OC2=C1C=CC(NC(=O)C(CCCCN(C)C)N(N)C(=O)OC(C)(C)C)C2. The number of nitrogens with zero attached hydrogens (tertiary/aromatic N) is 2. The van der Waals surface area contributed by atoms with E-state index >= 15 is 0 Å². The van der Waals surface area contributed by atoms with Crippen LogP contribution in [-0.4, -0.2) is 66.2 Å². The lowest BCUT2D eigenvalue weighted by molar-refractivity contribution is -0.142. The molecule has 0 saturated heterocycles. The maximum atomic E-state index is 13.1. The molecule has 32 heavy (non-hydrogen) atoms. The minimum atomic E-state index is -0.872. The number of nitrogens with one attached hydrogen (secondary N) is 1. The van der Waals surface area contributed by atoms with Gasteiger partial charge in [-0.05, 0) is 72.2 Å². The predicted molar refractivity (Wildman–Crippen MR) is 121 cm³/mol. The van der Waals surface area contributed by atoms with Crippen LogP contribution in [0.15, 0.2) is 23.5 Å². The highest BCUT2D eigenvalue weighted by Gasteiger charge is 2.34. The normalized spacial score (nSPS) is 21.7. The molecule has 3 N–H and O–H groups in total. The van der Waals surface area contributed by atoms with E-state index in [2.05, 4.69) is 10.2 Å². The van der Waals surface area contributed by atoms with E-state index in [0.29, 0.717) is 25.0 Å². The molecule has 2 rings (SSSR count). The Morgan fingerprint density at radius 1 is 1.28 bits per heavy atom. The predicted octanol–water partition coefficient (Wildman–Crippen LogP) is 2.48. The average Bonchev–Trinajstić information content (AvgIpc) is 2.65. The topological polar surface area (TPSA) is 114 Å². The van der Waals surface area contributed by atoms with Crippen molar-refractivity contribution in [3.63, 3.8) is 0 Å². The van der Waals surface area contributed by atoms with E-state index in [9.17, 15) is 14.4 Å². The van der Waals surface area contributed by atoms with Crippen molar-refractivity contribution in [1.82, 2.24) is 15.2 Å². The van der Waals surface area contributed by atoms with Crippen LogP contribution in [0.25, 0.3) is 0 Å². The smallest absolute Gasteiger partial charge is 0.425 e. The highest BCUT2D eigenvalue weighted by molar-refractivity contribution is 5.86. The number of hydrogen-bond donors (Lipinski definition) is 2. The van der Waals surface area contributed by atoms with Crippen molar-refractivity contribution in [2.24, 2.45) is 11.8 Å². The summed E-state index contributed by atoms with van der Waals surface area (Å²) in [4.78, 5) is 39.5. The van der Waals surface area contributed by atoms with Gasteiger partial charge in [0, 0.05) is 6.42 Å². The van der Waals surface area contributed by atoms with Crippen LogP contribution in [0.3, 0.4) is 0 Å². The second kappa shape index (κ2) is 11.0. The van der Waals surface area contributed by atoms with E-state index in [-0.39, 0.29) is 23.8 Å². The van der Waals surface area contributed by atoms with Gasteiger partial charge in [0.1, 0.15) is 17.4 Å². The summed E-state index contributed by atoms with van der Waals surface area (Å²) in [6.07, 6.45) is 5.79.